The number of carbonyl (C=O) groups excluding carboxylic acids is 1. The maximum absolute atomic E-state index is 13.3. The number of carbonyl (C=O) groups is 1. The number of pyridine rings is 1. The van der Waals surface area contributed by atoms with Gasteiger partial charge in [-0.1, -0.05) is 44.2 Å². The van der Waals surface area contributed by atoms with Crippen LogP contribution in [0.3, 0.4) is 0 Å². The van der Waals surface area contributed by atoms with Gasteiger partial charge in [0.25, 0.3) is 5.91 Å². The summed E-state index contributed by atoms with van der Waals surface area (Å²) < 4.78 is 0.739. The van der Waals surface area contributed by atoms with Crippen molar-refractivity contribution in [2.24, 2.45) is 0 Å². The summed E-state index contributed by atoms with van der Waals surface area (Å²) in [7, 11) is 0. The molecule has 0 atom stereocenters. The highest BCUT2D eigenvalue weighted by atomic mass is 79.9. The fourth-order valence-corrected chi connectivity index (χ4v) is 3.73. The minimum Gasteiger partial charge on any atom is -0.328 e. The van der Waals surface area contributed by atoms with Crippen LogP contribution in [0.1, 0.15) is 52.6 Å². The second-order valence-corrected chi connectivity index (χ2v) is 7.70. The summed E-state index contributed by atoms with van der Waals surface area (Å²) in [5.41, 5.74) is 4.60. The van der Waals surface area contributed by atoms with Gasteiger partial charge in [-0.15, -0.1) is 0 Å². The number of halogens is 1. The van der Waals surface area contributed by atoms with Crippen molar-refractivity contribution < 1.29 is 4.79 Å². The van der Waals surface area contributed by atoms with E-state index in [0.29, 0.717) is 18.8 Å². The molecule has 0 aliphatic heterocycles. The van der Waals surface area contributed by atoms with Crippen molar-refractivity contribution >= 4 is 21.8 Å². The van der Waals surface area contributed by atoms with Crippen molar-refractivity contribution in [2.75, 3.05) is 0 Å². The molecule has 3 aromatic rings. The van der Waals surface area contributed by atoms with E-state index < -0.39 is 0 Å². The molecule has 3 rings (SSSR count). The SMILES string of the molecule is Cc1ccccc1CN(Cc1cccnc1)C(=O)c1n[nH]c(C(C)C)c1Br. The number of aryl methyl sites for hydroxylation is 1. The smallest absolute Gasteiger partial charge is 0.276 e. The highest BCUT2D eigenvalue weighted by Gasteiger charge is 2.25. The van der Waals surface area contributed by atoms with E-state index in [1.54, 1.807) is 12.4 Å². The van der Waals surface area contributed by atoms with E-state index in [9.17, 15) is 4.79 Å². The van der Waals surface area contributed by atoms with Gasteiger partial charge in [-0.05, 0) is 51.5 Å². The lowest BCUT2D eigenvalue weighted by atomic mass is 10.1. The van der Waals surface area contributed by atoms with Gasteiger partial charge in [0.1, 0.15) is 0 Å². The van der Waals surface area contributed by atoms with Gasteiger partial charge in [-0.2, -0.15) is 5.10 Å². The Morgan fingerprint density at radius 3 is 2.59 bits per heavy atom. The van der Waals surface area contributed by atoms with Gasteiger partial charge in [0.15, 0.2) is 5.69 Å². The second-order valence-electron chi connectivity index (χ2n) is 6.90. The van der Waals surface area contributed by atoms with Crippen LogP contribution in [-0.2, 0) is 13.1 Å². The first-order valence-corrected chi connectivity index (χ1v) is 9.73. The summed E-state index contributed by atoms with van der Waals surface area (Å²) in [6, 6.07) is 12.0. The molecule has 0 saturated heterocycles. The van der Waals surface area contributed by atoms with E-state index >= 15 is 0 Å². The number of amides is 1. The molecule has 0 spiro atoms. The van der Waals surface area contributed by atoms with Gasteiger partial charge in [-0.3, -0.25) is 14.9 Å². The lowest BCUT2D eigenvalue weighted by molar-refractivity contribution is 0.0722. The minimum atomic E-state index is -0.114. The van der Waals surface area contributed by atoms with E-state index in [2.05, 4.69) is 64.0 Å². The molecular weight excluding hydrogens is 404 g/mol. The predicted octanol–water partition coefficient (Wildman–Crippen LogP) is 4.84. The van der Waals surface area contributed by atoms with Crippen molar-refractivity contribution in [1.29, 1.82) is 0 Å². The first kappa shape index (κ1) is 19.3. The lowest BCUT2D eigenvalue weighted by Crippen LogP contribution is -2.31. The van der Waals surface area contributed by atoms with Crippen molar-refractivity contribution in [2.45, 2.75) is 39.8 Å². The Balaban J connectivity index is 1.93. The summed E-state index contributed by atoms with van der Waals surface area (Å²) in [6.45, 7) is 7.16. The van der Waals surface area contributed by atoms with Crippen molar-refractivity contribution in [3.05, 3.63) is 81.3 Å². The zero-order chi connectivity index (χ0) is 19.4. The molecule has 140 valence electrons. The molecule has 27 heavy (non-hydrogen) atoms. The zero-order valence-corrected chi connectivity index (χ0v) is 17.3. The van der Waals surface area contributed by atoms with E-state index in [4.69, 9.17) is 0 Å². The monoisotopic (exact) mass is 426 g/mol. The third kappa shape index (κ3) is 4.45. The highest BCUT2D eigenvalue weighted by molar-refractivity contribution is 9.10. The number of nitrogens with one attached hydrogen (secondary N) is 1. The van der Waals surface area contributed by atoms with Crippen LogP contribution in [0.25, 0.3) is 0 Å². The summed E-state index contributed by atoms with van der Waals surface area (Å²) in [6.07, 6.45) is 3.52. The lowest BCUT2D eigenvalue weighted by Gasteiger charge is -2.23. The average Bonchev–Trinajstić information content (AvgIpc) is 3.05. The molecule has 0 radical (unpaired) electrons. The quantitative estimate of drug-likeness (QED) is 0.612. The van der Waals surface area contributed by atoms with E-state index in [1.807, 2.05) is 29.2 Å². The molecule has 1 aromatic carbocycles. The molecule has 0 unspecified atom stereocenters. The number of benzene rings is 1. The normalized spacial score (nSPS) is 11.0. The van der Waals surface area contributed by atoms with E-state index in [-0.39, 0.29) is 11.8 Å². The van der Waals surface area contributed by atoms with Crippen LogP contribution in [0.15, 0.2) is 53.3 Å². The Bertz CT molecular complexity index is 921. The largest absolute Gasteiger partial charge is 0.328 e. The minimum absolute atomic E-state index is 0.114. The molecule has 5 nitrogen and oxygen atoms in total. The molecule has 1 N–H and O–H groups in total. The molecule has 6 heteroatoms. The Kier molecular flexibility index (Phi) is 6.06. The first-order chi connectivity index (χ1) is 13.0. The Morgan fingerprint density at radius 2 is 1.96 bits per heavy atom. The number of H-pyrrole nitrogens is 1. The zero-order valence-electron chi connectivity index (χ0n) is 15.7. The van der Waals surface area contributed by atoms with Crippen LogP contribution < -0.4 is 0 Å². The maximum atomic E-state index is 13.3. The molecule has 0 bridgehead atoms. The number of hydrogen-bond acceptors (Lipinski definition) is 3. The van der Waals surface area contributed by atoms with Gasteiger partial charge in [-0.25, -0.2) is 0 Å². The van der Waals surface area contributed by atoms with Crippen LogP contribution >= 0.6 is 15.9 Å². The summed E-state index contributed by atoms with van der Waals surface area (Å²) >= 11 is 3.55. The molecule has 2 aromatic heterocycles. The molecule has 0 aliphatic rings. The van der Waals surface area contributed by atoms with Crippen LogP contribution in [0.5, 0.6) is 0 Å². The van der Waals surface area contributed by atoms with Gasteiger partial charge >= 0.3 is 0 Å². The van der Waals surface area contributed by atoms with Crippen LogP contribution in [0.4, 0.5) is 0 Å². The van der Waals surface area contributed by atoms with Crippen LogP contribution in [0, 0.1) is 6.92 Å². The van der Waals surface area contributed by atoms with Gasteiger partial charge in [0.05, 0.1) is 10.2 Å². The van der Waals surface area contributed by atoms with Crippen molar-refractivity contribution in [3.63, 3.8) is 0 Å². The Labute approximate surface area is 168 Å². The van der Waals surface area contributed by atoms with E-state index in [1.165, 1.54) is 0 Å². The fraction of sp³-hybridized carbons (Fsp3) is 0.286. The van der Waals surface area contributed by atoms with Gasteiger partial charge < -0.3 is 4.90 Å². The number of rotatable bonds is 6. The molecular formula is C21H23BrN4O. The fourth-order valence-electron chi connectivity index (χ4n) is 2.92. The first-order valence-electron chi connectivity index (χ1n) is 8.93. The highest BCUT2D eigenvalue weighted by Crippen LogP contribution is 2.27. The van der Waals surface area contributed by atoms with Gasteiger partial charge in [0, 0.05) is 25.5 Å². The molecule has 0 fully saturated rings. The predicted molar refractivity (Wildman–Crippen MR) is 109 cm³/mol. The number of aromatic amines is 1. The van der Waals surface area contributed by atoms with Crippen LogP contribution in [0.2, 0.25) is 0 Å². The average molecular weight is 427 g/mol. The molecule has 2 heterocycles. The van der Waals surface area contributed by atoms with Crippen molar-refractivity contribution in [1.82, 2.24) is 20.1 Å². The summed E-state index contributed by atoms with van der Waals surface area (Å²) in [5.74, 6) is 0.133. The topological polar surface area (TPSA) is 61.9 Å². The summed E-state index contributed by atoms with van der Waals surface area (Å²) in [4.78, 5) is 19.3. The second kappa shape index (κ2) is 8.48. The standard InChI is InChI=1S/C21H23BrN4O/c1-14(2)19-18(22)20(25-24-19)21(27)26(12-16-8-6-10-23-11-16)13-17-9-5-4-7-15(17)3/h4-11,14H,12-13H2,1-3H3,(H,24,25). The third-order valence-corrected chi connectivity index (χ3v) is 5.32. The number of hydrogen-bond donors (Lipinski definition) is 1. The number of nitrogens with zero attached hydrogens (tertiary/aromatic N) is 3. The maximum Gasteiger partial charge on any atom is 0.276 e. The third-order valence-electron chi connectivity index (χ3n) is 4.52. The molecule has 0 aliphatic carbocycles. The number of aromatic nitrogens is 3. The summed E-state index contributed by atoms with van der Waals surface area (Å²) in [5, 5.41) is 7.28. The Morgan fingerprint density at radius 1 is 1.19 bits per heavy atom. The molecule has 0 saturated carbocycles. The Hall–Kier alpha value is -2.47. The van der Waals surface area contributed by atoms with Gasteiger partial charge in [0.2, 0.25) is 0 Å². The molecule has 1 amide bonds. The van der Waals surface area contributed by atoms with E-state index in [0.717, 1.165) is 26.9 Å². The van der Waals surface area contributed by atoms with Crippen molar-refractivity contribution in [3.8, 4) is 0 Å². The van der Waals surface area contributed by atoms with Crippen LogP contribution in [-0.4, -0.2) is 26.0 Å².